The Kier molecular flexibility index (Phi) is 5.16. The van der Waals surface area contributed by atoms with Crippen molar-refractivity contribution in [2.24, 2.45) is 0 Å². The normalized spacial score (nSPS) is 13.3. The van der Waals surface area contributed by atoms with Crippen LogP contribution in [0.1, 0.15) is 30.2 Å². The molecule has 0 bridgehead atoms. The summed E-state index contributed by atoms with van der Waals surface area (Å²) >= 11 is 0. The van der Waals surface area contributed by atoms with Gasteiger partial charge in [-0.25, -0.2) is 4.98 Å². The molecule has 0 aliphatic carbocycles. The largest absolute Gasteiger partial charge is 0.305 e. The van der Waals surface area contributed by atoms with Crippen LogP contribution in [-0.2, 0) is 27.2 Å². The van der Waals surface area contributed by atoms with Crippen LogP contribution < -0.4 is 15.8 Å². The van der Waals surface area contributed by atoms with Gasteiger partial charge in [-0.3, -0.25) is 29.5 Å². The summed E-state index contributed by atoms with van der Waals surface area (Å²) in [6, 6.07) is 7.33. The lowest BCUT2D eigenvalue weighted by molar-refractivity contribution is -0.122. The Morgan fingerprint density at radius 3 is 2.70 bits per heavy atom. The smallest absolute Gasteiger partial charge is 0.255 e. The molecule has 2 aromatic rings. The van der Waals surface area contributed by atoms with E-state index in [0.717, 1.165) is 11.3 Å². The minimum atomic E-state index is -0.394. The number of fused-ring (bicyclic) bond motifs is 1. The third-order valence-electron chi connectivity index (χ3n) is 4.41. The van der Waals surface area contributed by atoms with Crippen LogP contribution in [0.15, 0.2) is 29.1 Å². The molecule has 1 aliphatic heterocycles. The maximum absolute atomic E-state index is 12.7. The van der Waals surface area contributed by atoms with E-state index in [4.69, 9.17) is 0 Å². The molecule has 3 rings (SSSR count). The molecular weight excluding hydrogens is 348 g/mol. The van der Waals surface area contributed by atoms with Gasteiger partial charge in [-0.1, -0.05) is 18.2 Å². The molecule has 27 heavy (non-hydrogen) atoms. The molecule has 0 radical (unpaired) electrons. The standard InChI is InChI=1S/C19H20N4O4/c1-11-15(18(27)22-19(20-11)21-12(2)24)7-8-17(26)23-10-14(25)9-13-5-3-4-6-16(13)23/h3-6H,7-10H2,1-2H3,(H2,20,21,22,24,27). The number of aromatic nitrogens is 2. The van der Waals surface area contributed by atoms with Gasteiger partial charge in [0.1, 0.15) is 0 Å². The first-order chi connectivity index (χ1) is 12.8. The highest BCUT2D eigenvalue weighted by atomic mass is 16.2. The summed E-state index contributed by atoms with van der Waals surface area (Å²) < 4.78 is 0. The Morgan fingerprint density at radius 2 is 2.00 bits per heavy atom. The Labute approximate surface area is 155 Å². The number of ketones is 1. The van der Waals surface area contributed by atoms with E-state index in [0.29, 0.717) is 17.7 Å². The van der Waals surface area contributed by atoms with Crippen LogP contribution in [0.4, 0.5) is 11.6 Å². The highest BCUT2D eigenvalue weighted by molar-refractivity contribution is 6.03. The number of Topliss-reactive ketones (excluding diaryl/α,β-unsaturated/α-hetero) is 1. The van der Waals surface area contributed by atoms with Gasteiger partial charge in [0.25, 0.3) is 5.56 Å². The fraction of sp³-hybridized carbons (Fsp3) is 0.316. The van der Waals surface area contributed by atoms with Gasteiger partial charge in [-0.05, 0) is 25.0 Å². The van der Waals surface area contributed by atoms with E-state index in [2.05, 4.69) is 15.3 Å². The number of carbonyl (C=O) groups is 3. The van der Waals surface area contributed by atoms with Crippen LogP contribution in [0, 0.1) is 6.92 Å². The van der Waals surface area contributed by atoms with Gasteiger partial charge in [-0.15, -0.1) is 0 Å². The lowest BCUT2D eigenvalue weighted by Gasteiger charge is -2.28. The van der Waals surface area contributed by atoms with Crippen LogP contribution >= 0.6 is 0 Å². The van der Waals surface area contributed by atoms with Crippen LogP contribution in [0.3, 0.4) is 0 Å². The lowest BCUT2D eigenvalue weighted by atomic mass is 10.00. The Hall–Kier alpha value is -3.29. The number of aryl methyl sites for hydroxylation is 1. The molecule has 0 spiro atoms. The monoisotopic (exact) mass is 368 g/mol. The first kappa shape index (κ1) is 18.5. The number of carbonyl (C=O) groups excluding carboxylic acids is 3. The molecule has 140 valence electrons. The second-order valence-electron chi connectivity index (χ2n) is 6.48. The van der Waals surface area contributed by atoms with Gasteiger partial charge >= 0.3 is 0 Å². The number of hydrogen-bond donors (Lipinski definition) is 2. The number of amides is 2. The molecule has 0 unspecified atom stereocenters. The molecule has 8 nitrogen and oxygen atoms in total. The van der Waals surface area contributed by atoms with E-state index in [1.807, 2.05) is 24.3 Å². The van der Waals surface area contributed by atoms with Gasteiger partial charge in [0.15, 0.2) is 5.78 Å². The van der Waals surface area contributed by atoms with Crippen LogP contribution in [0.25, 0.3) is 0 Å². The van der Waals surface area contributed by atoms with Gasteiger partial charge in [0.2, 0.25) is 17.8 Å². The first-order valence-electron chi connectivity index (χ1n) is 8.62. The van der Waals surface area contributed by atoms with Gasteiger partial charge in [0, 0.05) is 36.7 Å². The highest BCUT2D eigenvalue weighted by Crippen LogP contribution is 2.26. The van der Waals surface area contributed by atoms with Gasteiger partial charge in [0.05, 0.1) is 6.54 Å². The summed E-state index contributed by atoms with van der Waals surface area (Å²) in [5, 5.41) is 2.43. The van der Waals surface area contributed by atoms with Gasteiger partial charge in [-0.2, -0.15) is 0 Å². The fourth-order valence-corrected chi connectivity index (χ4v) is 3.17. The maximum Gasteiger partial charge on any atom is 0.255 e. The Balaban J connectivity index is 1.76. The maximum atomic E-state index is 12.7. The zero-order valence-corrected chi connectivity index (χ0v) is 15.2. The number of para-hydroxylation sites is 1. The third kappa shape index (κ3) is 4.11. The summed E-state index contributed by atoms with van der Waals surface area (Å²) in [5.74, 6) is -0.498. The second kappa shape index (κ2) is 7.53. The van der Waals surface area contributed by atoms with E-state index in [1.54, 1.807) is 6.92 Å². The summed E-state index contributed by atoms with van der Waals surface area (Å²) in [6.07, 6.45) is 0.597. The molecule has 0 atom stereocenters. The zero-order valence-electron chi connectivity index (χ0n) is 15.2. The zero-order chi connectivity index (χ0) is 19.6. The van der Waals surface area contributed by atoms with Crippen molar-refractivity contribution in [3.63, 3.8) is 0 Å². The molecule has 0 fully saturated rings. The average molecular weight is 368 g/mol. The number of nitrogens with zero attached hydrogens (tertiary/aromatic N) is 2. The highest BCUT2D eigenvalue weighted by Gasteiger charge is 2.26. The average Bonchev–Trinajstić information content (AvgIpc) is 2.59. The minimum absolute atomic E-state index is 0.0163. The molecule has 2 heterocycles. The second-order valence-corrected chi connectivity index (χ2v) is 6.48. The predicted octanol–water partition coefficient (Wildman–Crippen LogP) is 1.13. The van der Waals surface area contributed by atoms with Crippen molar-refractivity contribution in [2.75, 3.05) is 16.8 Å². The third-order valence-corrected chi connectivity index (χ3v) is 4.41. The van der Waals surface area contributed by atoms with E-state index >= 15 is 0 Å². The van der Waals surface area contributed by atoms with Crippen molar-refractivity contribution in [3.05, 3.63) is 51.4 Å². The minimum Gasteiger partial charge on any atom is -0.305 e. The van der Waals surface area contributed by atoms with Crippen molar-refractivity contribution in [2.45, 2.75) is 33.1 Å². The molecule has 8 heteroatoms. The summed E-state index contributed by atoms with van der Waals surface area (Å²) in [5.41, 5.74) is 2.01. The van der Waals surface area contributed by atoms with Crippen molar-refractivity contribution < 1.29 is 14.4 Å². The van der Waals surface area contributed by atoms with Crippen LogP contribution in [0.5, 0.6) is 0 Å². The van der Waals surface area contributed by atoms with E-state index in [-0.39, 0.29) is 42.9 Å². The molecule has 0 saturated carbocycles. The molecule has 1 aromatic carbocycles. The fourth-order valence-electron chi connectivity index (χ4n) is 3.17. The van der Waals surface area contributed by atoms with Crippen molar-refractivity contribution in [1.82, 2.24) is 9.97 Å². The molecule has 2 amide bonds. The molecule has 1 aliphatic rings. The van der Waals surface area contributed by atoms with Crippen molar-refractivity contribution >= 4 is 29.2 Å². The summed E-state index contributed by atoms with van der Waals surface area (Å²) in [4.78, 5) is 56.1. The number of hydrogen-bond acceptors (Lipinski definition) is 5. The van der Waals surface area contributed by atoms with Gasteiger partial charge < -0.3 is 4.90 Å². The summed E-state index contributed by atoms with van der Waals surface area (Å²) in [6.45, 7) is 3.02. The first-order valence-corrected chi connectivity index (χ1v) is 8.62. The molecule has 0 saturated heterocycles. The van der Waals surface area contributed by atoms with E-state index in [9.17, 15) is 19.2 Å². The number of H-pyrrole nitrogens is 1. The number of rotatable bonds is 4. The molecular formula is C19H20N4O4. The Morgan fingerprint density at radius 1 is 1.26 bits per heavy atom. The van der Waals surface area contributed by atoms with Crippen molar-refractivity contribution in [3.8, 4) is 0 Å². The number of anilines is 2. The quantitative estimate of drug-likeness (QED) is 0.840. The van der Waals surface area contributed by atoms with E-state index in [1.165, 1.54) is 11.8 Å². The van der Waals surface area contributed by atoms with Crippen LogP contribution in [0.2, 0.25) is 0 Å². The predicted molar refractivity (Wildman–Crippen MR) is 99.7 cm³/mol. The number of benzene rings is 1. The number of nitrogens with one attached hydrogen (secondary N) is 2. The lowest BCUT2D eigenvalue weighted by Crippen LogP contribution is -2.40. The molecule has 1 aromatic heterocycles. The molecule has 2 N–H and O–H groups in total. The topological polar surface area (TPSA) is 112 Å². The Bertz CT molecular complexity index is 980. The van der Waals surface area contributed by atoms with Crippen molar-refractivity contribution in [1.29, 1.82) is 0 Å². The van der Waals surface area contributed by atoms with Crippen LogP contribution in [-0.4, -0.2) is 34.1 Å². The SMILES string of the molecule is CC(=O)Nc1nc(C)c(CCC(=O)N2CC(=O)Cc3ccccc32)c(=O)[nH]1. The number of aromatic amines is 1. The summed E-state index contributed by atoms with van der Waals surface area (Å²) in [7, 11) is 0. The van der Waals surface area contributed by atoms with E-state index < -0.39 is 5.56 Å².